The summed E-state index contributed by atoms with van der Waals surface area (Å²) in [6.45, 7) is 2.80. The molecule has 0 fully saturated rings. The molecule has 30 heavy (non-hydrogen) atoms. The van der Waals surface area contributed by atoms with Crippen molar-refractivity contribution in [2.24, 2.45) is 0 Å². The molecule has 0 radical (unpaired) electrons. The predicted octanol–water partition coefficient (Wildman–Crippen LogP) is 4.35. The molecule has 0 aliphatic carbocycles. The summed E-state index contributed by atoms with van der Waals surface area (Å²) in [5.74, 6) is 0.432. The van der Waals surface area contributed by atoms with Crippen molar-refractivity contribution >= 4 is 18.1 Å². The van der Waals surface area contributed by atoms with Crippen molar-refractivity contribution < 1.29 is 13.6 Å². The van der Waals surface area contributed by atoms with Gasteiger partial charge in [0.2, 0.25) is 5.89 Å². The number of carbonyl (C=O) groups excluding carboxylic acids is 1. The van der Waals surface area contributed by atoms with Crippen LogP contribution in [-0.4, -0.2) is 25.7 Å². The van der Waals surface area contributed by atoms with E-state index in [2.05, 4.69) is 20.5 Å². The van der Waals surface area contributed by atoms with Crippen LogP contribution in [-0.2, 0) is 13.1 Å². The van der Waals surface area contributed by atoms with E-state index in [1.807, 2.05) is 6.92 Å². The number of aromatic nitrogens is 4. The number of nitrogens with one attached hydrogen (secondary N) is 2. The number of benzene rings is 2. The maximum Gasteiger partial charge on any atom is 0.252 e. The van der Waals surface area contributed by atoms with E-state index < -0.39 is 5.82 Å². The molecule has 0 atom stereocenters. The molecule has 0 unspecified atom stereocenters. The van der Waals surface area contributed by atoms with Crippen LogP contribution in [0.3, 0.4) is 0 Å². The van der Waals surface area contributed by atoms with E-state index >= 15 is 0 Å². The van der Waals surface area contributed by atoms with Crippen molar-refractivity contribution in [1.29, 1.82) is 0 Å². The molecule has 0 bridgehead atoms. The molecule has 0 saturated carbocycles. The number of aromatic amines is 1. The van der Waals surface area contributed by atoms with Gasteiger partial charge in [0.15, 0.2) is 16.4 Å². The summed E-state index contributed by atoms with van der Waals surface area (Å²) in [7, 11) is 0. The first kappa shape index (κ1) is 19.7. The Morgan fingerprint density at radius 3 is 2.70 bits per heavy atom. The molecule has 0 aliphatic rings. The molecule has 0 spiro atoms. The lowest BCUT2D eigenvalue weighted by Gasteiger charge is -2.08. The molecular formula is C21H18FN5O2S. The topological polar surface area (TPSA) is 88.7 Å². The Morgan fingerprint density at radius 2 is 1.93 bits per heavy atom. The molecule has 4 rings (SSSR count). The van der Waals surface area contributed by atoms with Gasteiger partial charge < -0.3 is 14.3 Å². The van der Waals surface area contributed by atoms with E-state index in [1.165, 1.54) is 12.3 Å². The van der Waals surface area contributed by atoms with Crippen LogP contribution in [0.2, 0.25) is 0 Å². The number of hydrogen-bond donors (Lipinski definition) is 2. The van der Waals surface area contributed by atoms with E-state index in [9.17, 15) is 9.18 Å². The van der Waals surface area contributed by atoms with Gasteiger partial charge in [0.05, 0.1) is 23.9 Å². The first-order valence-electron chi connectivity index (χ1n) is 9.31. The fourth-order valence-corrected chi connectivity index (χ4v) is 3.40. The maximum absolute atomic E-state index is 14.0. The van der Waals surface area contributed by atoms with Gasteiger partial charge >= 0.3 is 0 Å². The van der Waals surface area contributed by atoms with Crippen LogP contribution in [0.1, 0.15) is 23.1 Å². The van der Waals surface area contributed by atoms with Gasteiger partial charge in [-0.3, -0.25) is 9.89 Å². The van der Waals surface area contributed by atoms with Crippen molar-refractivity contribution in [1.82, 2.24) is 25.1 Å². The Morgan fingerprint density at radius 1 is 1.20 bits per heavy atom. The Balaban J connectivity index is 1.59. The van der Waals surface area contributed by atoms with Crippen molar-refractivity contribution in [3.05, 3.63) is 76.7 Å². The number of nitrogens with zero attached hydrogens (tertiary/aromatic N) is 3. The number of carbonyl (C=O) groups is 1. The highest BCUT2D eigenvalue weighted by atomic mass is 32.1. The third-order valence-electron chi connectivity index (χ3n) is 4.61. The number of hydrogen-bond acceptors (Lipinski definition) is 5. The lowest BCUT2D eigenvalue weighted by molar-refractivity contribution is 0.0950. The standard InChI is InChI=1S/C21H18FN5O2S/c1-2-27-18(25-26-21(27)30)12-23-19(28)13-7-3-4-8-14(13)20-24-11-17(29-20)15-9-5-6-10-16(15)22/h3-11H,2,12H2,1H3,(H,23,28)(H,26,30). The second-order valence-electron chi connectivity index (χ2n) is 6.43. The Kier molecular flexibility index (Phi) is 5.53. The van der Waals surface area contributed by atoms with Crippen LogP contribution in [0.25, 0.3) is 22.8 Å². The molecule has 152 valence electrons. The Bertz CT molecular complexity index is 1260. The Hall–Kier alpha value is -3.59. The zero-order valence-electron chi connectivity index (χ0n) is 16.1. The fraction of sp³-hybridized carbons (Fsp3) is 0.143. The van der Waals surface area contributed by atoms with Crippen molar-refractivity contribution in [3.8, 4) is 22.8 Å². The number of amides is 1. The predicted molar refractivity (Wildman–Crippen MR) is 112 cm³/mol. The number of H-pyrrole nitrogens is 1. The number of rotatable bonds is 6. The van der Waals surface area contributed by atoms with E-state index in [0.29, 0.717) is 33.8 Å². The van der Waals surface area contributed by atoms with Crippen LogP contribution >= 0.6 is 12.2 Å². The largest absolute Gasteiger partial charge is 0.436 e. The second kappa shape index (κ2) is 8.42. The smallest absolute Gasteiger partial charge is 0.252 e. The molecule has 2 aromatic carbocycles. The molecule has 1 amide bonds. The zero-order valence-corrected chi connectivity index (χ0v) is 16.9. The Labute approximate surface area is 176 Å². The third-order valence-corrected chi connectivity index (χ3v) is 4.92. The van der Waals surface area contributed by atoms with Gasteiger partial charge in [0.1, 0.15) is 5.82 Å². The minimum atomic E-state index is -0.407. The van der Waals surface area contributed by atoms with E-state index in [0.717, 1.165) is 0 Å². The molecule has 9 heteroatoms. The normalized spacial score (nSPS) is 10.9. The van der Waals surface area contributed by atoms with E-state index in [-0.39, 0.29) is 24.1 Å². The maximum atomic E-state index is 14.0. The first-order chi connectivity index (χ1) is 14.6. The molecule has 2 aromatic heterocycles. The first-order valence-corrected chi connectivity index (χ1v) is 9.71. The van der Waals surface area contributed by atoms with Crippen LogP contribution < -0.4 is 5.32 Å². The average Bonchev–Trinajstić information content (AvgIpc) is 3.39. The van der Waals surface area contributed by atoms with Crippen LogP contribution in [0, 0.1) is 10.6 Å². The molecule has 0 saturated heterocycles. The quantitative estimate of drug-likeness (QED) is 0.450. The third kappa shape index (κ3) is 3.79. The van der Waals surface area contributed by atoms with E-state index in [1.54, 1.807) is 47.0 Å². The molecule has 2 N–H and O–H groups in total. The summed E-state index contributed by atoms with van der Waals surface area (Å²) in [6.07, 6.45) is 1.45. The highest BCUT2D eigenvalue weighted by Gasteiger charge is 2.18. The minimum Gasteiger partial charge on any atom is -0.436 e. The molecule has 2 heterocycles. The summed E-state index contributed by atoms with van der Waals surface area (Å²) in [4.78, 5) is 17.1. The average molecular weight is 423 g/mol. The lowest BCUT2D eigenvalue weighted by Crippen LogP contribution is -2.25. The van der Waals surface area contributed by atoms with Crippen molar-refractivity contribution in [2.45, 2.75) is 20.0 Å². The van der Waals surface area contributed by atoms with Gasteiger partial charge in [-0.2, -0.15) is 5.10 Å². The van der Waals surface area contributed by atoms with Gasteiger partial charge in [-0.15, -0.1) is 0 Å². The number of halogens is 1. The second-order valence-corrected chi connectivity index (χ2v) is 6.81. The highest BCUT2D eigenvalue weighted by Crippen LogP contribution is 2.29. The van der Waals surface area contributed by atoms with Gasteiger partial charge in [-0.1, -0.05) is 24.3 Å². The van der Waals surface area contributed by atoms with Crippen molar-refractivity contribution in [3.63, 3.8) is 0 Å². The summed E-state index contributed by atoms with van der Waals surface area (Å²) >= 11 is 5.17. The summed E-state index contributed by atoms with van der Waals surface area (Å²) in [6, 6.07) is 13.2. The minimum absolute atomic E-state index is 0.209. The fourth-order valence-electron chi connectivity index (χ4n) is 3.12. The zero-order chi connectivity index (χ0) is 21.1. The summed E-state index contributed by atoms with van der Waals surface area (Å²) in [5.41, 5.74) is 1.20. The van der Waals surface area contributed by atoms with Gasteiger partial charge in [0.25, 0.3) is 5.91 Å². The van der Waals surface area contributed by atoms with Crippen LogP contribution in [0.4, 0.5) is 4.39 Å². The monoisotopic (exact) mass is 423 g/mol. The van der Waals surface area contributed by atoms with E-state index in [4.69, 9.17) is 16.6 Å². The summed E-state index contributed by atoms with van der Waals surface area (Å²) in [5, 5.41) is 9.71. The molecule has 0 aliphatic heterocycles. The molecular weight excluding hydrogens is 405 g/mol. The highest BCUT2D eigenvalue weighted by molar-refractivity contribution is 7.71. The number of oxazole rings is 1. The molecule has 7 nitrogen and oxygen atoms in total. The lowest BCUT2D eigenvalue weighted by atomic mass is 10.1. The van der Waals surface area contributed by atoms with Gasteiger partial charge in [-0.05, 0) is 43.4 Å². The van der Waals surface area contributed by atoms with Gasteiger partial charge in [-0.25, -0.2) is 9.37 Å². The summed E-state index contributed by atoms with van der Waals surface area (Å²) < 4.78 is 22.1. The molecule has 4 aromatic rings. The van der Waals surface area contributed by atoms with Crippen LogP contribution in [0.15, 0.2) is 59.1 Å². The van der Waals surface area contributed by atoms with Crippen molar-refractivity contribution in [2.75, 3.05) is 0 Å². The van der Waals surface area contributed by atoms with Crippen LogP contribution in [0.5, 0.6) is 0 Å². The SMILES string of the molecule is CCn1c(CNC(=O)c2ccccc2-c2ncc(-c3ccccc3F)o2)n[nH]c1=S. The van der Waals surface area contributed by atoms with Gasteiger partial charge in [0, 0.05) is 12.1 Å².